The Morgan fingerprint density at radius 2 is 1.78 bits per heavy atom. The number of nitrogens with one attached hydrogen (secondary N) is 2. The third kappa shape index (κ3) is 5.49. The van der Waals surface area contributed by atoms with E-state index in [4.69, 9.17) is 32.7 Å². The number of hydrogen-bond donors (Lipinski definition) is 2. The van der Waals surface area contributed by atoms with E-state index in [0.717, 1.165) is 0 Å². The van der Waals surface area contributed by atoms with Gasteiger partial charge in [-0.1, -0.05) is 23.2 Å². The molecular formula is C17H18Cl2N2O5S. The highest BCUT2D eigenvalue weighted by Gasteiger charge is 2.20. The van der Waals surface area contributed by atoms with Gasteiger partial charge in [0.2, 0.25) is 0 Å². The lowest BCUT2D eigenvalue weighted by Crippen LogP contribution is -2.41. The third-order valence-electron chi connectivity index (χ3n) is 3.27. The van der Waals surface area contributed by atoms with E-state index in [1.807, 2.05) is 18.7 Å². The lowest BCUT2D eigenvalue weighted by Gasteiger charge is -2.15. The van der Waals surface area contributed by atoms with Crippen LogP contribution in [0.3, 0.4) is 0 Å². The second kappa shape index (κ2) is 8.79. The van der Waals surface area contributed by atoms with Gasteiger partial charge < -0.3 is 9.47 Å². The first-order chi connectivity index (χ1) is 12.6. The van der Waals surface area contributed by atoms with Crippen molar-refractivity contribution in [1.82, 2.24) is 10.3 Å². The molecule has 0 aliphatic carbocycles. The van der Waals surface area contributed by atoms with Crippen LogP contribution < -0.4 is 19.7 Å². The summed E-state index contributed by atoms with van der Waals surface area (Å²) in [5, 5.41) is 0.162. The van der Waals surface area contributed by atoms with Crippen LogP contribution in [0.1, 0.15) is 24.2 Å². The van der Waals surface area contributed by atoms with Crippen LogP contribution in [0, 0.1) is 0 Å². The summed E-state index contributed by atoms with van der Waals surface area (Å²) in [7, 11) is -2.67. The van der Waals surface area contributed by atoms with Crippen molar-refractivity contribution in [1.29, 1.82) is 0 Å². The highest BCUT2D eigenvalue weighted by atomic mass is 35.5. The van der Waals surface area contributed by atoms with Crippen LogP contribution in [0.5, 0.6) is 11.5 Å². The monoisotopic (exact) mass is 432 g/mol. The fourth-order valence-electron chi connectivity index (χ4n) is 2.08. The molecule has 0 aromatic heterocycles. The van der Waals surface area contributed by atoms with E-state index in [-0.39, 0.29) is 26.6 Å². The van der Waals surface area contributed by atoms with E-state index < -0.39 is 15.9 Å². The molecule has 0 aliphatic heterocycles. The number of carbonyl (C=O) groups excluding carboxylic acids is 1. The largest absolute Gasteiger partial charge is 0.493 e. The molecule has 0 atom stereocenters. The van der Waals surface area contributed by atoms with Gasteiger partial charge in [-0.05, 0) is 50.2 Å². The van der Waals surface area contributed by atoms with Crippen LogP contribution in [0.4, 0.5) is 0 Å². The molecule has 146 valence electrons. The lowest BCUT2D eigenvalue weighted by atomic mass is 10.2. The maximum absolute atomic E-state index is 12.3. The number of halogens is 2. The number of hydrazine groups is 1. The zero-order chi connectivity index (χ0) is 20.2. The van der Waals surface area contributed by atoms with Crippen molar-refractivity contribution in [3.63, 3.8) is 0 Å². The normalized spacial score (nSPS) is 11.3. The SMILES string of the molecule is COc1cc(C(=O)NNS(=O)(=O)c2cc(Cl)ccc2Cl)ccc1OC(C)C. The minimum atomic E-state index is -4.11. The molecule has 0 bridgehead atoms. The number of carbonyl (C=O) groups is 1. The van der Waals surface area contributed by atoms with Gasteiger partial charge in [-0.25, -0.2) is 8.42 Å². The quantitative estimate of drug-likeness (QED) is 0.653. The lowest BCUT2D eigenvalue weighted by molar-refractivity contribution is 0.0944. The third-order valence-corrected chi connectivity index (χ3v) is 5.23. The predicted octanol–water partition coefficient (Wildman–Crippen LogP) is 3.41. The van der Waals surface area contributed by atoms with Crippen LogP contribution in [0.2, 0.25) is 10.0 Å². The number of rotatable bonds is 7. The molecule has 2 rings (SSSR count). The number of sulfonamides is 1. The maximum Gasteiger partial charge on any atom is 0.266 e. The summed E-state index contributed by atoms with van der Waals surface area (Å²) in [5.74, 6) is 0.124. The molecule has 0 heterocycles. The average molecular weight is 433 g/mol. The van der Waals surface area contributed by atoms with Gasteiger partial charge >= 0.3 is 0 Å². The molecule has 27 heavy (non-hydrogen) atoms. The highest BCUT2D eigenvalue weighted by Crippen LogP contribution is 2.29. The van der Waals surface area contributed by atoms with E-state index in [0.29, 0.717) is 11.5 Å². The Hall–Kier alpha value is -2.00. The van der Waals surface area contributed by atoms with Gasteiger partial charge in [0.1, 0.15) is 4.90 Å². The highest BCUT2D eigenvalue weighted by molar-refractivity contribution is 7.89. The molecule has 0 radical (unpaired) electrons. The number of amides is 1. The van der Waals surface area contributed by atoms with Crippen LogP contribution in [-0.2, 0) is 10.0 Å². The van der Waals surface area contributed by atoms with Crippen molar-refractivity contribution in [3.05, 3.63) is 52.0 Å². The summed E-state index contributed by atoms with van der Waals surface area (Å²) < 4.78 is 35.4. The summed E-state index contributed by atoms with van der Waals surface area (Å²) in [5.41, 5.74) is 2.29. The molecule has 2 aromatic carbocycles. The van der Waals surface area contributed by atoms with Crippen LogP contribution in [-0.4, -0.2) is 27.5 Å². The number of benzene rings is 2. The standard InChI is InChI=1S/C17H18Cl2N2O5S/c1-10(2)26-14-7-4-11(8-15(14)25-3)17(22)20-21-27(23,24)16-9-12(18)5-6-13(16)19/h4-10,21H,1-3H3,(H,20,22). The van der Waals surface area contributed by atoms with Crippen molar-refractivity contribution in [2.45, 2.75) is 24.8 Å². The molecule has 2 N–H and O–H groups in total. The van der Waals surface area contributed by atoms with Crippen LogP contribution in [0.15, 0.2) is 41.3 Å². The fourth-order valence-corrected chi connectivity index (χ4v) is 3.69. The van der Waals surface area contributed by atoms with E-state index in [2.05, 4.69) is 5.43 Å². The molecule has 7 nitrogen and oxygen atoms in total. The molecule has 0 fully saturated rings. The zero-order valence-electron chi connectivity index (χ0n) is 14.7. The van der Waals surface area contributed by atoms with Crippen LogP contribution in [0.25, 0.3) is 0 Å². The Kier molecular flexibility index (Phi) is 6.94. The van der Waals surface area contributed by atoms with E-state index >= 15 is 0 Å². The predicted molar refractivity (Wildman–Crippen MR) is 103 cm³/mol. The average Bonchev–Trinajstić information content (AvgIpc) is 2.61. The Balaban J connectivity index is 2.16. The molecule has 0 saturated carbocycles. The Morgan fingerprint density at radius 3 is 2.41 bits per heavy atom. The summed E-state index contributed by atoms with van der Waals surface area (Å²) in [6, 6.07) is 8.46. The summed E-state index contributed by atoms with van der Waals surface area (Å²) in [6.07, 6.45) is -0.0761. The zero-order valence-corrected chi connectivity index (χ0v) is 17.1. The van der Waals surface area contributed by atoms with Crippen molar-refractivity contribution >= 4 is 39.1 Å². The number of ether oxygens (including phenoxy) is 2. The van der Waals surface area contributed by atoms with Crippen molar-refractivity contribution < 1.29 is 22.7 Å². The number of methoxy groups -OCH3 is 1. The minimum absolute atomic E-state index is 0.0296. The molecule has 0 unspecified atom stereocenters. The topological polar surface area (TPSA) is 93.7 Å². The minimum Gasteiger partial charge on any atom is -0.493 e. The fraction of sp³-hybridized carbons (Fsp3) is 0.235. The molecule has 1 amide bonds. The second-order valence-electron chi connectivity index (χ2n) is 5.67. The summed E-state index contributed by atoms with van der Waals surface area (Å²) >= 11 is 11.7. The Labute approximate surface area is 167 Å². The Morgan fingerprint density at radius 1 is 1.07 bits per heavy atom. The van der Waals surface area contributed by atoms with Gasteiger partial charge in [-0.15, -0.1) is 4.83 Å². The van der Waals surface area contributed by atoms with E-state index in [1.54, 1.807) is 6.07 Å². The molecule has 10 heteroatoms. The molecule has 0 spiro atoms. The van der Waals surface area contributed by atoms with Gasteiger partial charge in [0.05, 0.1) is 18.2 Å². The number of hydrogen-bond acceptors (Lipinski definition) is 5. The summed E-state index contributed by atoms with van der Waals surface area (Å²) in [6.45, 7) is 3.71. The molecule has 2 aromatic rings. The second-order valence-corrected chi connectivity index (χ2v) is 8.16. The first-order valence-corrected chi connectivity index (χ1v) is 10.00. The van der Waals surface area contributed by atoms with Crippen LogP contribution >= 0.6 is 23.2 Å². The van der Waals surface area contributed by atoms with Crippen molar-refractivity contribution in [2.24, 2.45) is 0 Å². The van der Waals surface area contributed by atoms with Crippen molar-refractivity contribution in [3.8, 4) is 11.5 Å². The first kappa shape index (κ1) is 21.3. The van der Waals surface area contributed by atoms with Gasteiger partial charge in [0.15, 0.2) is 11.5 Å². The first-order valence-electron chi connectivity index (χ1n) is 7.76. The van der Waals surface area contributed by atoms with E-state index in [1.165, 1.54) is 37.4 Å². The van der Waals surface area contributed by atoms with E-state index in [9.17, 15) is 13.2 Å². The van der Waals surface area contributed by atoms with Gasteiger partial charge in [-0.2, -0.15) is 0 Å². The Bertz CT molecular complexity index is 948. The summed E-state index contributed by atoms with van der Waals surface area (Å²) in [4.78, 5) is 14.0. The van der Waals surface area contributed by atoms with Crippen molar-refractivity contribution in [2.75, 3.05) is 7.11 Å². The smallest absolute Gasteiger partial charge is 0.266 e. The maximum atomic E-state index is 12.3. The van der Waals surface area contributed by atoms with Gasteiger partial charge in [0.25, 0.3) is 15.9 Å². The van der Waals surface area contributed by atoms with Gasteiger partial charge in [0, 0.05) is 10.6 Å². The molecule has 0 saturated heterocycles. The van der Waals surface area contributed by atoms with Gasteiger partial charge in [-0.3, -0.25) is 10.2 Å². The molecular weight excluding hydrogens is 415 g/mol. The molecule has 0 aliphatic rings.